The number of furan rings is 1. The maximum absolute atomic E-state index is 12.8. The van der Waals surface area contributed by atoms with Crippen molar-refractivity contribution in [2.45, 2.75) is 32.2 Å². The molecule has 2 heterocycles. The number of aryl methyl sites for hydroxylation is 2. The number of hydrogen-bond donors (Lipinski definition) is 1. The molecule has 0 aromatic carbocycles. The van der Waals surface area contributed by atoms with Crippen molar-refractivity contribution >= 4 is 21.8 Å². The van der Waals surface area contributed by atoms with E-state index in [4.69, 9.17) is 4.42 Å². The van der Waals surface area contributed by atoms with Gasteiger partial charge >= 0.3 is 0 Å². The highest BCUT2D eigenvalue weighted by molar-refractivity contribution is 7.99. The van der Waals surface area contributed by atoms with Gasteiger partial charge < -0.3 is 9.73 Å². The van der Waals surface area contributed by atoms with Gasteiger partial charge in [-0.3, -0.25) is 0 Å². The van der Waals surface area contributed by atoms with Gasteiger partial charge in [-0.25, -0.2) is 8.42 Å². The predicted molar refractivity (Wildman–Crippen MR) is 81.6 cm³/mol. The largest absolute Gasteiger partial charge is 0.465 e. The molecular formula is C13H22N2O3S2. The van der Waals surface area contributed by atoms with Crippen LogP contribution in [0.15, 0.2) is 9.31 Å². The Bertz CT molecular complexity index is 560. The lowest BCUT2D eigenvalue weighted by Crippen LogP contribution is -2.38. The molecule has 0 radical (unpaired) electrons. The van der Waals surface area contributed by atoms with E-state index in [0.29, 0.717) is 36.1 Å². The summed E-state index contributed by atoms with van der Waals surface area (Å²) in [6, 6.07) is 0. The van der Waals surface area contributed by atoms with Gasteiger partial charge in [0.25, 0.3) is 0 Å². The van der Waals surface area contributed by atoms with Crippen molar-refractivity contribution in [3.63, 3.8) is 0 Å². The number of rotatable bonds is 5. The van der Waals surface area contributed by atoms with Crippen molar-refractivity contribution in [2.75, 3.05) is 31.1 Å². The molecule has 5 nitrogen and oxygen atoms in total. The highest BCUT2D eigenvalue weighted by atomic mass is 32.2. The zero-order chi connectivity index (χ0) is 14.8. The summed E-state index contributed by atoms with van der Waals surface area (Å²) in [6.07, 6.45) is 0. The van der Waals surface area contributed by atoms with Crippen LogP contribution >= 0.6 is 11.8 Å². The summed E-state index contributed by atoms with van der Waals surface area (Å²) in [7, 11) is -3.45. The molecule has 1 aliphatic rings. The SMILES string of the molecule is CCNCc1c(C)oc(C)c1S(=O)(=O)N1CCSCC1. The molecule has 0 unspecified atom stereocenters. The fourth-order valence-corrected chi connectivity index (χ4v) is 5.41. The number of nitrogens with one attached hydrogen (secondary N) is 1. The van der Waals surface area contributed by atoms with Crippen LogP contribution < -0.4 is 5.32 Å². The second kappa shape index (κ2) is 6.51. The Labute approximate surface area is 125 Å². The van der Waals surface area contributed by atoms with Crippen molar-refractivity contribution in [3.8, 4) is 0 Å². The summed E-state index contributed by atoms with van der Waals surface area (Å²) in [6.45, 7) is 8.03. The molecule has 1 aromatic heterocycles. The fraction of sp³-hybridized carbons (Fsp3) is 0.692. The van der Waals surface area contributed by atoms with Crippen LogP contribution in [0.1, 0.15) is 24.0 Å². The minimum absolute atomic E-state index is 0.364. The zero-order valence-corrected chi connectivity index (χ0v) is 13.9. The third-order valence-electron chi connectivity index (χ3n) is 3.44. The molecule has 0 spiro atoms. The molecule has 1 N–H and O–H groups in total. The van der Waals surface area contributed by atoms with Crippen LogP contribution in [0.4, 0.5) is 0 Å². The predicted octanol–water partition coefficient (Wildman–Crippen LogP) is 1.74. The lowest BCUT2D eigenvalue weighted by atomic mass is 10.2. The van der Waals surface area contributed by atoms with Crippen LogP contribution in [0.25, 0.3) is 0 Å². The maximum atomic E-state index is 12.8. The smallest absolute Gasteiger partial charge is 0.246 e. The van der Waals surface area contributed by atoms with E-state index in [1.165, 1.54) is 0 Å². The molecule has 0 bridgehead atoms. The van der Waals surface area contributed by atoms with Gasteiger partial charge in [0.2, 0.25) is 10.0 Å². The molecular weight excluding hydrogens is 296 g/mol. The van der Waals surface area contributed by atoms with Crippen LogP contribution in [0.3, 0.4) is 0 Å². The van der Waals surface area contributed by atoms with Gasteiger partial charge in [-0.05, 0) is 20.4 Å². The third-order valence-corrected chi connectivity index (χ3v) is 6.48. The van der Waals surface area contributed by atoms with Gasteiger partial charge in [0, 0.05) is 36.7 Å². The highest BCUT2D eigenvalue weighted by Crippen LogP contribution is 2.30. The first kappa shape index (κ1) is 15.9. The first-order valence-electron chi connectivity index (χ1n) is 6.86. The van der Waals surface area contributed by atoms with E-state index in [9.17, 15) is 8.42 Å². The molecule has 2 rings (SSSR count). The van der Waals surface area contributed by atoms with Crippen molar-refractivity contribution in [3.05, 3.63) is 17.1 Å². The summed E-state index contributed by atoms with van der Waals surface area (Å²) >= 11 is 1.80. The average Bonchev–Trinajstić information content (AvgIpc) is 2.72. The first-order valence-corrected chi connectivity index (χ1v) is 9.45. The molecule has 0 saturated carbocycles. The van der Waals surface area contributed by atoms with E-state index in [-0.39, 0.29) is 0 Å². The third kappa shape index (κ3) is 3.05. The van der Waals surface area contributed by atoms with Crippen LogP contribution in [-0.4, -0.2) is 43.9 Å². The average molecular weight is 318 g/mol. The summed E-state index contributed by atoms with van der Waals surface area (Å²) < 4.78 is 32.8. The standard InChI is InChI=1S/C13H22N2O3S2/c1-4-14-9-12-10(2)18-11(3)13(12)20(16,17)15-5-7-19-8-6-15/h14H,4-9H2,1-3H3. The normalized spacial score (nSPS) is 17.6. The maximum Gasteiger partial charge on any atom is 0.246 e. The molecule has 0 aliphatic carbocycles. The van der Waals surface area contributed by atoms with Gasteiger partial charge in [0.15, 0.2) is 0 Å². The van der Waals surface area contributed by atoms with Gasteiger partial charge in [-0.1, -0.05) is 6.92 Å². The van der Waals surface area contributed by atoms with Crippen LogP contribution in [0.2, 0.25) is 0 Å². The van der Waals surface area contributed by atoms with E-state index < -0.39 is 10.0 Å². The highest BCUT2D eigenvalue weighted by Gasteiger charge is 2.32. The lowest BCUT2D eigenvalue weighted by Gasteiger charge is -2.25. The van der Waals surface area contributed by atoms with Crippen LogP contribution in [0, 0.1) is 13.8 Å². The van der Waals surface area contributed by atoms with Crippen molar-refractivity contribution < 1.29 is 12.8 Å². The van der Waals surface area contributed by atoms with Gasteiger partial charge in [0.1, 0.15) is 16.4 Å². The quantitative estimate of drug-likeness (QED) is 0.896. The molecule has 0 amide bonds. The van der Waals surface area contributed by atoms with Crippen molar-refractivity contribution in [1.29, 1.82) is 0 Å². The molecule has 1 fully saturated rings. The molecule has 7 heteroatoms. The second-order valence-electron chi connectivity index (χ2n) is 4.82. The number of nitrogens with zero attached hydrogens (tertiary/aromatic N) is 1. The topological polar surface area (TPSA) is 62.6 Å². The van der Waals surface area contributed by atoms with Crippen molar-refractivity contribution in [1.82, 2.24) is 9.62 Å². The summed E-state index contributed by atoms with van der Waals surface area (Å²) in [5.41, 5.74) is 0.766. The number of sulfonamides is 1. The monoisotopic (exact) mass is 318 g/mol. The Balaban J connectivity index is 2.39. The molecule has 1 aliphatic heterocycles. The Hall–Kier alpha value is -0.500. The molecule has 1 aromatic rings. The van der Waals surface area contributed by atoms with E-state index in [2.05, 4.69) is 5.32 Å². The van der Waals surface area contributed by atoms with E-state index in [0.717, 1.165) is 23.6 Å². The lowest BCUT2D eigenvalue weighted by molar-refractivity contribution is 0.439. The molecule has 114 valence electrons. The van der Waals surface area contributed by atoms with Gasteiger partial charge in [0.05, 0.1) is 0 Å². The minimum Gasteiger partial charge on any atom is -0.465 e. The summed E-state index contributed by atoms with van der Waals surface area (Å²) in [5.74, 6) is 2.90. The Morgan fingerprint density at radius 1 is 1.25 bits per heavy atom. The van der Waals surface area contributed by atoms with Gasteiger partial charge in [-0.15, -0.1) is 0 Å². The van der Waals surface area contributed by atoms with Crippen molar-refractivity contribution in [2.24, 2.45) is 0 Å². The van der Waals surface area contributed by atoms with Gasteiger partial charge in [-0.2, -0.15) is 16.1 Å². The van der Waals surface area contributed by atoms with E-state index in [1.54, 1.807) is 23.0 Å². The van der Waals surface area contributed by atoms with Crippen LogP contribution in [0.5, 0.6) is 0 Å². The number of hydrogen-bond acceptors (Lipinski definition) is 5. The zero-order valence-electron chi connectivity index (χ0n) is 12.2. The molecule has 0 atom stereocenters. The van der Waals surface area contributed by atoms with E-state index >= 15 is 0 Å². The molecule has 20 heavy (non-hydrogen) atoms. The fourth-order valence-electron chi connectivity index (χ4n) is 2.42. The summed E-state index contributed by atoms with van der Waals surface area (Å²) in [5, 5.41) is 3.19. The first-order chi connectivity index (χ1) is 9.48. The number of thioether (sulfide) groups is 1. The van der Waals surface area contributed by atoms with Crippen LogP contribution in [-0.2, 0) is 16.6 Å². The second-order valence-corrected chi connectivity index (χ2v) is 7.92. The Kier molecular flexibility index (Phi) is 5.17. The Morgan fingerprint density at radius 2 is 1.90 bits per heavy atom. The summed E-state index contributed by atoms with van der Waals surface area (Å²) in [4.78, 5) is 0.364. The van der Waals surface area contributed by atoms with E-state index in [1.807, 2.05) is 13.8 Å². The molecule has 1 saturated heterocycles. The minimum atomic E-state index is -3.45. The Morgan fingerprint density at radius 3 is 2.50 bits per heavy atom.